The SMILES string of the molecule is CCC(N)Cc1nccn1Cc1ccc(F)cc1C. The van der Waals surface area contributed by atoms with Gasteiger partial charge in [0, 0.05) is 31.4 Å². The van der Waals surface area contributed by atoms with Crippen molar-refractivity contribution in [3.8, 4) is 0 Å². The average molecular weight is 261 g/mol. The molecule has 3 nitrogen and oxygen atoms in total. The van der Waals surface area contributed by atoms with Crippen LogP contribution in [0.15, 0.2) is 30.6 Å². The van der Waals surface area contributed by atoms with Crippen molar-refractivity contribution >= 4 is 0 Å². The summed E-state index contributed by atoms with van der Waals surface area (Å²) in [4.78, 5) is 4.36. The van der Waals surface area contributed by atoms with E-state index in [0.717, 1.165) is 29.8 Å². The van der Waals surface area contributed by atoms with Crippen LogP contribution in [-0.2, 0) is 13.0 Å². The molecule has 1 unspecified atom stereocenters. The van der Waals surface area contributed by atoms with Crippen LogP contribution < -0.4 is 5.73 Å². The maximum Gasteiger partial charge on any atom is 0.123 e. The van der Waals surface area contributed by atoms with E-state index in [1.165, 1.54) is 6.07 Å². The standard InChI is InChI=1S/C15H20FN3/c1-3-14(17)9-15-18-6-7-19(15)10-12-4-5-13(16)8-11(12)2/h4-8,14H,3,9-10,17H2,1-2H3. The van der Waals surface area contributed by atoms with Crippen molar-refractivity contribution in [2.24, 2.45) is 5.73 Å². The quantitative estimate of drug-likeness (QED) is 0.899. The van der Waals surface area contributed by atoms with Gasteiger partial charge in [-0.05, 0) is 36.6 Å². The Morgan fingerprint density at radius 1 is 1.42 bits per heavy atom. The Morgan fingerprint density at radius 3 is 2.89 bits per heavy atom. The largest absolute Gasteiger partial charge is 0.330 e. The molecule has 2 rings (SSSR count). The first-order chi connectivity index (χ1) is 9.10. The van der Waals surface area contributed by atoms with Crippen molar-refractivity contribution in [2.45, 2.75) is 39.3 Å². The molecule has 0 aliphatic heterocycles. The Labute approximate surface area is 113 Å². The smallest absolute Gasteiger partial charge is 0.123 e. The highest BCUT2D eigenvalue weighted by Crippen LogP contribution is 2.13. The van der Waals surface area contributed by atoms with E-state index in [1.54, 1.807) is 12.3 Å². The predicted octanol–water partition coefficient (Wildman–Crippen LogP) is 2.66. The zero-order valence-electron chi connectivity index (χ0n) is 11.4. The first-order valence-corrected chi connectivity index (χ1v) is 6.60. The number of aromatic nitrogens is 2. The summed E-state index contributed by atoms with van der Waals surface area (Å²) in [5.74, 6) is 0.790. The molecular weight excluding hydrogens is 241 g/mol. The molecule has 0 aliphatic carbocycles. The Hall–Kier alpha value is -1.68. The molecule has 0 fully saturated rings. The number of imidazole rings is 1. The molecule has 0 saturated heterocycles. The van der Waals surface area contributed by atoms with Crippen molar-refractivity contribution < 1.29 is 4.39 Å². The summed E-state index contributed by atoms with van der Waals surface area (Å²) in [7, 11) is 0. The van der Waals surface area contributed by atoms with Gasteiger partial charge in [-0.15, -0.1) is 0 Å². The molecule has 0 saturated carbocycles. The maximum absolute atomic E-state index is 13.1. The molecule has 19 heavy (non-hydrogen) atoms. The van der Waals surface area contributed by atoms with Gasteiger partial charge in [-0.25, -0.2) is 9.37 Å². The third-order valence-corrected chi connectivity index (χ3v) is 3.42. The molecule has 4 heteroatoms. The summed E-state index contributed by atoms with van der Waals surface area (Å²) >= 11 is 0. The van der Waals surface area contributed by atoms with Gasteiger partial charge in [0.25, 0.3) is 0 Å². The number of hydrogen-bond acceptors (Lipinski definition) is 2. The van der Waals surface area contributed by atoms with Crippen LogP contribution in [0.5, 0.6) is 0 Å². The van der Waals surface area contributed by atoms with Crippen LogP contribution in [-0.4, -0.2) is 15.6 Å². The van der Waals surface area contributed by atoms with Crippen LogP contribution in [0.3, 0.4) is 0 Å². The number of benzene rings is 1. The minimum atomic E-state index is -0.194. The van der Waals surface area contributed by atoms with Crippen molar-refractivity contribution in [1.82, 2.24) is 9.55 Å². The lowest BCUT2D eigenvalue weighted by Crippen LogP contribution is -2.23. The van der Waals surface area contributed by atoms with E-state index in [-0.39, 0.29) is 11.9 Å². The normalized spacial score (nSPS) is 12.6. The van der Waals surface area contributed by atoms with E-state index in [0.29, 0.717) is 6.54 Å². The van der Waals surface area contributed by atoms with E-state index >= 15 is 0 Å². The van der Waals surface area contributed by atoms with Gasteiger partial charge in [-0.1, -0.05) is 13.0 Å². The van der Waals surface area contributed by atoms with Crippen molar-refractivity contribution in [3.63, 3.8) is 0 Å². The van der Waals surface area contributed by atoms with E-state index in [4.69, 9.17) is 5.73 Å². The predicted molar refractivity (Wildman–Crippen MR) is 74.4 cm³/mol. The van der Waals surface area contributed by atoms with Crippen molar-refractivity contribution in [2.75, 3.05) is 0 Å². The van der Waals surface area contributed by atoms with E-state index in [1.807, 2.05) is 19.2 Å². The summed E-state index contributed by atoms with van der Waals surface area (Å²) in [6.07, 6.45) is 5.43. The monoisotopic (exact) mass is 261 g/mol. The van der Waals surface area contributed by atoms with Crippen LogP contribution in [0.25, 0.3) is 0 Å². The third-order valence-electron chi connectivity index (χ3n) is 3.42. The second-order valence-corrected chi connectivity index (χ2v) is 4.91. The summed E-state index contributed by atoms with van der Waals surface area (Å²) in [6, 6.07) is 5.02. The van der Waals surface area contributed by atoms with Gasteiger partial charge >= 0.3 is 0 Å². The van der Waals surface area contributed by atoms with Gasteiger partial charge in [0.2, 0.25) is 0 Å². The fraction of sp³-hybridized carbons (Fsp3) is 0.400. The molecule has 2 aromatic rings. The van der Waals surface area contributed by atoms with Gasteiger partial charge in [0.1, 0.15) is 11.6 Å². The van der Waals surface area contributed by atoms with Crippen LogP contribution in [0.1, 0.15) is 30.3 Å². The second kappa shape index (κ2) is 5.97. The van der Waals surface area contributed by atoms with E-state index in [9.17, 15) is 4.39 Å². The number of aryl methyl sites for hydroxylation is 1. The molecule has 102 valence electrons. The first-order valence-electron chi connectivity index (χ1n) is 6.60. The Morgan fingerprint density at radius 2 is 2.21 bits per heavy atom. The Bertz CT molecular complexity index is 548. The lowest BCUT2D eigenvalue weighted by atomic mass is 10.1. The number of halogens is 1. The molecular formula is C15H20FN3. The molecule has 2 N–H and O–H groups in total. The van der Waals surface area contributed by atoms with Crippen molar-refractivity contribution in [1.29, 1.82) is 0 Å². The lowest BCUT2D eigenvalue weighted by molar-refractivity contribution is 0.595. The van der Waals surface area contributed by atoms with Gasteiger partial charge in [-0.3, -0.25) is 0 Å². The molecule has 0 radical (unpaired) electrons. The molecule has 0 bridgehead atoms. The Balaban J connectivity index is 2.17. The zero-order valence-corrected chi connectivity index (χ0v) is 11.4. The maximum atomic E-state index is 13.1. The summed E-state index contributed by atoms with van der Waals surface area (Å²) in [6.45, 7) is 4.70. The number of nitrogens with two attached hydrogens (primary N) is 1. The highest BCUT2D eigenvalue weighted by molar-refractivity contribution is 5.27. The fourth-order valence-corrected chi connectivity index (χ4v) is 2.07. The molecule has 0 spiro atoms. The van der Waals surface area contributed by atoms with Crippen molar-refractivity contribution in [3.05, 3.63) is 53.4 Å². The minimum Gasteiger partial charge on any atom is -0.330 e. The minimum absolute atomic E-state index is 0.135. The molecule has 1 aromatic carbocycles. The third kappa shape index (κ3) is 3.41. The summed E-state index contributed by atoms with van der Waals surface area (Å²) < 4.78 is 15.2. The molecule has 1 aromatic heterocycles. The molecule has 1 atom stereocenters. The average Bonchev–Trinajstić information content (AvgIpc) is 2.80. The van der Waals surface area contributed by atoms with Crippen LogP contribution in [0.2, 0.25) is 0 Å². The second-order valence-electron chi connectivity index (χ2n) is 4.91. The highest BCUT2D eigenvalue weighted by Gasteiger charge is 2.09. The van der Waals surface area contributed by atoms with Gasteiger partial charge in [0.05, 0.1) is 0 Å². The summed E-state index contributed by atoms with van der Waals surface area (Å²) in [5.41, 5.74) is 8.03. The van der Waals surface area contributed by atoms with Crippen LogP contribution in [0.4, 0.5) is 4.39 Å². The van der Waals surface area contributed by atoms with Gasteiger partial charge < -0.3 is 10.3 Å². The number of nitrogens with zero attached hydrogens (tertiary/aromatic N) is 2. The molecule has 0 aliphatic rings. The summed E-state index contributed by atoms with van der Waals surface area (Å²) in [5, 5.41) is 0. The van der Waals surface area contributed by atoms with Crippen LogP contribution >= 0.6 is 0 Å². The number of hydrogen-bond donors (Lipinski definition) is 1. The number of rotatable bonds is 5. The topological polar surface area (TPSA) is 43.8 Å². The highest BCUT2D eigenvalue weighted by atomic mass is 19.1. The molecule has 0 amide bonds. The Kier molecular flexibility index (Phi) is 4.32. The van der Waals surface area contributed by atoms with E-state index < -0.39 is 0 Å². The fourth-order valence-electron chi connectivity index (χ4n) is 2.07. The van der Waals surface area contributed by atoms with Gasteiger partial charge in [-0.2, -0.15) is 0 Å². The van der Waals surface area contributed by atoms with E-state index in [2.05, 4.69) is 16.5 Å². The lowest BCUT2D eigenvalue weighted by Gasteiger charge is -2.13. The first kappa shape index (κ1) is 13.7. The van der Waals surface area contributed by atoms with Gasteiger partial charge in [0.15, 0.2) is 0 Å². The zero-order chi connectivity index (χ0) is 13.8. The van der Waals surface area contributed by atoms with Crippen LogP contribution in [0, 0.1) is 12.7 Å². The molecule has 1 heterocycles.